The van der Waals surface area contributed by atoms with E-state index in [1.807, 2.05) is 29.3 Å². The van der Waals surface area contributed by atoms with Crippen LogP contribution in [0.2, 0.25) is 0 Å². The molecule has 1 aliphatic rings. The summed E-state index contributed by atoms with van der Waals surface area (Å²) >= 11 is 0. The highest BCUT2D eigenvalue weighted by molar-refractivity contribution is 5.92. The van der Waals surface area contributed by atoms with Gasteiger partial charge in [-0.1, -0.05) is 18.2 Å². The van der Waals surface area contributed by atoms with Crippen molar-refractivity contribution in [1.82, 2.24) is 20.1 Å². The Kier molecular flexibility index (Phi) is 3.91. The van der Waals surface area contributed by atoms with Crippen LogP contribution in [0.15, 0.2) is 54.9 Å². The van der Waals surface area contributed by atoms with E-state index in [0.29, 0.717) is 11.6 Å². The molecule has 0 saturated carbocycles. The smallest absolute Gasteiger partial charge is 0.274 e. The fourth-order valence-electron chi connectivity index (χ4n) is 3.41. The summed E-state index contributed by atoms with van der Waals surface area (Å²) < 4.78 is 0. The number of fused-ring (bicyclic) bond motifs is 1. The Morgan fingerprint density at radius 3 is 2.92 bits per heavy atom. The van der Waals surface area contributed by atoms with E-state index in [-0.39, 0.29) is 5.91 Å². The topological polar surface area (TPSA) is 59.0 Å². The first kappa shape index (κ1) is 14.8. The Labute approximate surface area is 140 Å². The van der Waals surface area contributed by atoms with Crippen LogP contribution < -0.4 is 0 Å². The number of hydrogen-bond donors (Lipinski definition) is 0. The monoisotopic (exact) mass is 318 g/mol. The van der Waals surface area contributed by atoms with Gasteiger partial charge in [-0.25, -0.2) is 0 Å². The van der Waals surface area contributed by atoms with Crippen molar-refractivity contribution in [2.75, 3.05) is 13.1 Å². The number of amides is 1. The number of benzene rings is 1. The Morgan fingerprint density at radius 2 is 2.04 bits per heavy atom. The van der Waals surface area contributed by atoms with E-state index >= 15 is 0 Å². The first-order valence-electron chi connectivity index (χ1n) is 8.21. The average Bonchev–Trinajstić information content (AvgIpc) is 3.11. The molecule has 0 bridgehead atoms. The van der Waals surface area contributed by atoms with E-state index in [9.17, 15) is 4.79 Å². The predicted molar refractivity (Wildman–Crippen MR) is 91.5 cm³/mol. The molecule has 1 atom stereocenters. The quantitative estimate of drug-likeness (QED) is 0.745. The number of carbonyl (C=O) groups excluding carboxylic acids is 1. The maximum atomic E-state index is 12.5. The maximum Gasteiger partial charge on any atom is 0.274 e. The molecule has 0 spiro atoms. The number of hydrogen-bond acceptors (Lipinski definition) is 4. The van der Waals surface area contributed by atoms with Crippen molar-refractivity contribution in [1.29, 1.82) is 0 Å². The molecule has 4 rings (SSSR count). The highest BCUT2D eigenvalue weighted by atomic mass is 16.2. The molecule has 0 N–H and O–H groups in total. The second-order valence-corrected chi connectivity index (χ2v) is 6.21. The van der Waals surface area contributed by atoms with Crippen LogP contribution in [0.4, 0.5) is 0 Å². The van der Waals surface area contributed by atoms with Crippen LogP contribution in [0.1, 0.15) is 22.5 Å². The second-order valence-electron chi connectivity index (χ2n) is 6.21. The van der Waals surface area contributed by atoms with Crippen molar-refractivity contribution >= 4 is 16.8 Å². The van der Waals surface area contributed by atoms with E-state index in [0.717, 1.165) is 31.4 Å². The van der Waals surface area contributed by atoms with Crippen LogP contribution in [-0.4, -0.2) is 39.1 Å². The van der Waals surface area contributed by atoms with Gasteiger partial charge in [-0.05, 0) is 48.6 Å². The average molecular weight is 318 g/mol. The number of nitrogens with zero attached hydrogens (tertiary/aromatic N) is 4. The molecule has 5 heteroatoms. The van der Waals surface area contributed by atoms with Crippen molar-refractivity contribution in [2.24, 2.45) is 5.92 Å². The van der Waals surface area contributed by atoms with Crippen LogP contribution >= 0.6 is 0 Å². The van der Waals surface area contributed by atoms with Crippen molar-refractivity contribution in [3.63, 3.8) is 0 Å². The largest absolute Gasteiger partial charge is 0.337 e. The van der Waals surface area contributed by atoms with Gasteiger partial charge in [0.25, 0.3) is 5.91 Å². The standard InChI is InChI=1S/C19H18N4O/c24-19(18-6-3-9-21-22-18)23-11-8-14(13-23)12-15-7-10-20-17-5-2-1-4-16(15)17/h1-7,9-10,14H,8,11-13H2/t14-/m1/s1. The van der Waals surface area contributed by atoms with Gasteiger partial charge < -0.3 is 4.90 Å². The summed E-state index contributed by atoms with van der Waals surface area (Å²) in [5.41, 5.74) is 2.76. The molecule has 0 radical (unpaired) electrons. The van der Waals surface area contributed by atoms with Crippen molar-refractivity contribution < 1.29 is 4.79 Å². The lowest BCUT2D eigenvalue weighted by atomic mass is 9.96. The van der Waals surface area contributed by atoms with Crippen LogP contribution in [0, 0.1) is 5.92 Å². The SMILES string of the molecule is O=C(c1cccnn1)N1CC[C@H](Cc2ccnc3ccccc23)C1. The number of likely N-dealkylation sites (tertiary alicyclic amines) is 1. The van der Waals surface area contributed by atoms with Crippen molar-refractivity contribution in [3.8, 4) is 0 Å². The summed E-state index contributed by atoms with van der Waals surface area (Å²) in [4.78, 5) is 18.8. The minimum absolute atomic E-state index is 0.0230. The van der Waals surface area contributed by atoms with Gasteiger partial charge in [-0.2, -0.15) is 5.10 Å². The lowest BCUT2D eigenvalue weighted by molar-refractivity contribution is 0.0780. The molecular formula is C19H18N4O. The van der Waals surface area contributed by atoms with Gasteiger partial charge in [-0.15, -0.1) is 5.10 Å². The van der Waals surface area contributed by atoms with Crippen LogP contribution in [-0.2, 0) is 6.42 Å². The molecule has 1 aliphatic heterocycles. The molecule has 24 heavy (non-hydrogen) atoms. The zero-order valence-electron chi connectivity index (χ0n) is 13.3. The number of rotatable bonds is 3. The number of para-hydroxylation sites is 1. The maximum absolute atomic E-state index is 12.5. The van der Waals surface area contributed by atoms with Crippen LogP contribution in [0.3, 0.4) is 0 Å². The van der Waals surface area contributed by atoms with Crippen LogP contribution in [0.25, 0.3) is 10.9 Å². The summed E-state index contributed by atoms with van der Waals surface area (Å²) in [5.74, 6) is 0.446. The van der Waals surface area contributed by atoms with E-state index in [1.54, 1.807) is 18.3 Å². The van der Waals surface area contributed by atoms with Crippen molar-refractivity contribution in [3.05, 3.63) is 66.1 Å². The summed E-state index contributed by atoms with van der Waals surface area (Å²) in [6.45, 7) is 1.55. The van der Waals surface area contributed by atoms with Gasteiger partial charge in [0.15, 0.2) is 5.69 Å². The van der Waals surface area contributed by atoms with Crippen LogP contribution in [0.5, 0.6) is 0 Å². The molecule has 1 saturated heterocycles. The van der Waals surface area contributed by atoms with E-state index < -0.39 is 0 Å². The molecule has 3 heterocycles. The molecule has 0 aliphatic carbocycles. The van der Waals surface area contributed by atoms with Gasteiger partial charge >= 0.3 is 0 Å². The molecule has 5 nitrogen and oxygen atoms in total. The number of pyridine rings is 1. The Bertz CT molecular complexity index is 860. The normalized spacial score (nSPS) is 17.3. The molecule has 3 aromatic rings. The highest BCUT2D eigenvalue weighted by Gasteiger charge is 2.28. The lowest BCUT2D eigenvalue weighted by Crippen LogP contribution is -2.29. The minimum Gasteiger partial charge on any atom is -0.337 e. The molecule has 2 aromatic heterocycles. The Balaban J connectivity index is 1.48. The highest BCUT2D eigenvalue weighted by Crippen LogP contribution is 2.25. The lowest BCUT2D eigenvalue weighted by Gasteiger charge is -2.16. The zero-order chi connectivity index (χ0) is 16.4. The fourth-order valence-corrected chi connectivity index (χ4v) is 3.41. The molecule has 1 fully saturated rings. The minimum atomic E-state index is -0.0230. The van der Waals surface area contributed by atoms with E-state index in [4.69, 9.17) is 0 Å². The third-order valence-corrected chi connectivity index (χ3v) is 4.61. The van der Waals surface area contributed by atoms with E-state index in [1.165, 1.54) is 10.9 Å². The zero-order valence-corrected chi connectivity index (χ0v) is 13.3. The third kappa shape index (κ3) is 2.85. The second kappa shape index (κ2) is 6.35. The van der Waals surface area contributed by atoms with Gasteiger partial charge in [0.05, 0.1) is 5.52 Å². The van der Waals surface area contributed by atoms with Crippen molar-refractivity contribution in [2.45, 2.75) is 12.8 Å². The molecule has 120 valence electrons. The van der Waals surface area contributed by atoms with Gasteiger partial charge in [0, 0.05) is 30.9 Å². The van der Waals surface area contributed by atoms with Gasteiger partial charge in [0.1, 0.15) is 0 Å². The third-order valence-electron chi connectivity index (χ3n) is 4.61. The van der Waals surface area contributed by atoms with E-state index in [2.05, 4.69) is 27.3 Å². The molecule has 1 amide bonds. The fraction of sp³-hybridized carbons (Fsp3) is 0.263. The number of carbonyl (C=O) groups is 1. The summed E-state index contributed by atoms with van der Waals surface area (Å²) in [6.07, 6.45) is 5.43. The number of aromatic nitrogens is 3. The predicted octanol–water partition coefficient (Wildman–Crippen LogP) is 2.73. The summed E-state index contributed by atoms with van der Waals surface area (Å²) in [6, 6.07) is 13.8. The first-order valence-corrected chi connectivity index (χ1v) is 8.21. The first-order chi connectivity index (χ1) is 11.8. The van der Waals surface area contributed by atoms with Gasteiger partial charge in [-0.3, -0.25) is 9.78 Å². The summed E-state index contributed by atoms with van der Waals surface area (Å²) in [7, 11) is 0. The Hall–Kier alpha value is -2.82. The Morgan fingerprint density at radius 1 is 1.12 bits per heavy atom. The van der Waals surface area contributed by atoms with Gasteiger partial charge in [0.2, 0.25) is 0 Å². The molecular weight excluding hydrogens is 300 g/mol. The molecule has 1 aromatic carbocycles. The molecule has 0 unspecified atom stereocenters. The summed E-state index contributed by atoms with van der Waals surface area (Å²) in [5, 5.41) is 8.92.